The maximum absolute atomic E-state index is 5.84. The summed E-state index contributed by atoms with van der Waals surface area (Å²) in [4.78, 5) is 2.33. The van der Waals surface area contributed by atoms with E-state index in [0.29, 0.717) is 19.8 Å². The summed E-state index contributed by atoms with van der Waals surface area (Å²) in [6.45, 7) is 13.2. The number of likely N-dealkylation sites (N-methyl/N-ethyl adjacent to an activating group) is 1. The molecule has 0 radical (unpaired) electrons. The van der Waals surface area contributed by atoms with Crippen LogP contribution in [0.25, 0.3) is 11.1 Å². The molecule has 156 valence electrons. The first-order chi connectivity index (χ1) is 14.0. The lowest BCUT2D eigenvalue weighted by atomic mass is 9.98. The van der Waals surface area contributed by atoms with Gasteiger partial charge >= 0.3 is 0 Å². The van der Waals surface area contributed by atoms with E-state index in [4.69, 9.17) is 9.47 Å². The van der Waals surface area contributed by atoms with Crippen molar-refractivity contribution >= 4 is 11.3 Å². The van der Waals surface area contributed by atoms with Crippen LogP contribution in [0.3, 0.4) is 0 Å². The van der Waals surface area contributed by atoms with Crippen LogP contribution in [0.5, 0.6) is 5.75 Å². The van der Waals surface area contributed by atoms with E-state index in [2.05, 4.69) is 79.5 Å². The number of nitrogens with zero attached hydrogens (tertiary/aromatic N) is 1. The molecule has 2 aromatic rings. The minimum Gasteiger partial charge on any atom is -0.491 e. The van der Waals surface area contributed by atoms with Gasteiger partial charge in [-0.05, 0) is 73.5 Å². The molecule has 2 rings (SSSR count). The zero-order chi connectivity index (χ0) is 21.0. The molecule has 0 fully saturated rings. The molecule has 3 nitrogen and oxygen atoms in total. The molecule has 29 heavy (non-hydrogen) atoms. The quantitative estimate of drug-likeness (QED) is 0.348. The molecule has 1 aromatic heterocycles. The molecule has 0 saturated heterocycles. The Bertz CT molecular complexity index is 794. The minimum atomic E-state index is 0.0515. The predicted molar refractivity (Wildman–Crippen MR) is 125 cm³/mol. The first-order valence-electron chi connectivity index (χ1n) is 10.2. The molecular weight excluding hydrogens is 378 g/mol. The molecule has 1 heterocycles. The lowest BCUT2D eigenvalue weighted by molar-refractivity contribution is 0.0832. The Balaban J connectivity index is 1.62. The van der Waals surface area contributed by atoms with Crippen molar-refractivity contribution in [3.63, 3.8) is 0 Å². The van der Waals surface area contributed by atoms with Crippen molar-refractivity contribution < 1.29 is 9.47 Å². The highest BCUT2D eigenvalue weighted by molar-refractivity contribution is 7.08. The van der Waals surface area contributed by atoms with Crippen LogP contribution in [-0.2, 0) is 4.74 Å². The molecule has 0 aliphatic rings. The second-order valence-corrected chi connectivity index (χ2v) is 8.60. The van der Waals surface area contributed by atoms with E-state index in [1.807, 2.05) is 18.2 Å². The number of benzene rings is 1. The van der Waals surface area contributed by atoms with Crippen LogP contribution in [0.15, 0.2) is 53.2 Å². The standard InChI is InChI=1S/C25H33NO2S/c1-5-26(14-8-6-7-13-25(2,3)4)15-16-27-17-18-28-24-11-9-10-22(20-24)23-12-19-29-21-23/h6,8-12,19-21H,5,14-18H2,1-4H3. The third-order valence-electron chi connectivity index (χ3n) is 4.20. The van der Waals surface area contributed by atoms with Gasteiger partial charge in [-0.15, -0.1) is 0 Å². The number of allylic oxidation sites excluding steroid dienone is 1. The lowest BCUT2D eigenvalue weighted by Crippen LogP contribution is -2.28. The first kappa shape index (κ1) is 23.2. The second kappa shape index (κ2) is 12.5. The van der Waals surface area contributed by atoms with Crippen LogP contribution in [-0.4, -0.2) is 44.4 Å². The molecule has 0 bridgehead atoms. The van der Waals surface area contributed by atoms with Crippen LogP contribution in [0.1, 0.15) is 27.7 Å². The van der Waals surface area contributed by atoms with Gasteiger partial charge in [0.05, 0.1) is 13.2 Å². The summed E-state index contributed by atoms with van der Waals surface area (Å²) in [5.74, 6) is 7.21. The van der Waals surface area contributed by atoms with Crippen LogP contribution in [0.2, 0.25) is 0 Å². The molecule has 0 saturated carbocycles. The second-order valence-electron chi connectivity index (χ2n) is 7.82. The fraction of sp³-hybridized carbons (Fsp3) is 0.440. The van der Waals surface area contributed by atoms with E-state index in [9.17, 15) is 0 Å². The summed E-state index contributed by atoms with van der Waals surface area (Å²) in [6, 6.07) is 10.3. The van der Waals surface area contributed by atoms with E-state index < -0.39 is 0 Å². The van der Waals surface area contributed by atoms with Crippen molar-refractivity contribution in [1.29, 1.82) is 0 Å². The molecule has 0 atom stereocenters. The van der Waals surface area contributed by atoms with E-state index >= 15 is 0 Å². The number of hydrogen-bond donors (Lipinski definition) is 0. The van der Waals surface area contributed by atoms with Gasteiger partial charge in [-0.3, -0.25) is 4.90 Å². The van der Waals surface area contributed by atoms with Crippen molar-refractivity contribution in [2.24, 2.45) is 5.41 Å². The van der Waals surface area contributed by atoms with Crippen LogP contribution < -0.4 is 4.74 Å². The Kier molecular flexibility index (Phi) is 10.0. The fourth-order valence-electron chi connectivity index (χ4n) is 2.61. The van der Waals surface area contributed by atoms with Gasteiger partial charge in [0.1, 0.15) is 12.4 Å². The van der Waals surface area contributed by atoms with E-state index in [1.54, 1.807) is 11.3 Å². The summed E-state index contributed by atoms with van der Waals surface area (Å²) in [5, 5.41) is 4.24. The molecule has 0 amide bonds. The molecule has 4 heteroatoms. The normalized spacial score (nSPS) is 11.6. The van der Waals surface area contributed by atoms with Gasteiger partial charge in [0.2, 0.25) is 0 Å². The predicted octanol–water partition coefficient (Wildman–Crippen LogP) is 5.74. The smallest absolute Gasteiger partial charge is 0.120 e. The van der Waals surface area contributed by atoms with Crippen molar-refractivity contribution in [2.45, 2.75) is 27.7 Å². The first-order valence-corrected chi connectivity index (χ1v) is 11.2. The number of rotatable bonds is 11. The average Bonchev–Trinajstić information content (AvgIpc) is 3.23. The summed E-state index contributed by atoms with van der Waals surface area (Å²) in [6.07, 6.45) is 4.07. The summed E-state index contributed by atoms with van der Waals surface area (Å²) < 4.78 is 11.6. The highest BCUT2D eigenvalue weighted by Gasteiger charge is 2.03. The van der Waals surface area contributed by atoms with Gasteiger partial charge in [-0.25, -0.2) is 0 Å². The Morgan fingerprint density at radius 1 is 1.10 bits per heavy atom. The topological polar surface area (TPSA) is 21.7 Å². The number of hydrogen-bond acceptors (Lipinski definition) is 4. The Labute approximate surface area is 180 Å². The third kappa shape index (κ3) is 9.80. The highest BCUT2D eigenvalue weighted by Crippen LogP contribution is 2.25. The zero-order valence-electron chi connectivity index (χ0n) is 18.1. The van der Waals surface area contributed by atoms with Gasteiger partial charge < -0.3 is 9.47 Å². The van der Waals surface area contributed by atoms with Gasteiger partial charge in [0, 0.05) is 18.5 Å². The van der Waals surface area contributed by atoms with Crippen molar-refractivity contribution in [1.82, 2.24) is 4.90 Å². The average molecular weight is 412 g/mol. The number of thiophene rings is 1. The monoisotopic (exact) mass is 411 g/mol. The third-order valence-corrected chi connectivity index (χ3v) is 4.88. The van der Waals surface area contributed by atoms with Gasteiger partial charge in [-0.2, -0.15) is 11.3 Å². The maximum atomic E-state index is 5.84. The van der Waals surface area contributed by atoms with Crippen LogP contribution in [0, 0.1) is 17.3 Å². The zero-order valence-corrected chi connectivity index (χ0v) is 18.9. The molecular formula is C25H33NO2S. The van der Waals surface area contributed by atoms with Crippen molar-refractivity contribution in [2.75, 3.05) is 39.5 Å². The van der Waals surface area contributed by atoms with E-state index in [0.717, 1.165) is 25.4 Å². The molecule has 1 aromatic carbocycles. The molecule has 0 aliphatic carbocycles. The van der Waals surface area contributed by atoms with Gasteiger partial charge in [0.25, 0.3) is 0 Å². The SMILES string of the molecule is CCN(CC=CC#CC(C)(C)C)CCOCCOc1cccc(-c2ccsc2)c1. The van der Waals surface area contributed by atoms with Crippen LogP contribution >= 0.6 is 11.3 Å². The molecule has 0 spiro atoms. The Morgan fingerprint density at radius 2 is 1.97 bits per heavy atom. The summed E-state index contributed by atoms with van der Waals surface area (Å²) in [5.41, 5.74) is 2.47. The summed E-state index contributed by atoms with van der Waals surface area (Å²) in [7, 11) is 0. The number of ether oxygens (including phenoxy) is 2. The Hall–Kier alpha value is -2.06. The Morgan fingerprint density at radius 3 is 2.69 bits per heavy atom. The van der Waals surface area contributed by atoms with Crippen molar-refractivity contribution in [3.8, 4) is 28.7 Å². The molecule has 0 unspecified atom stereocenters. The fourth-order valence-corrected chi connectivity index (χ4v) is 3.27. The molecule has 0 aliphatic heterocycles. The molecule has 0 N–H and O–H groups in total. The minimum absolute atomic E-state index is 0.0515. The van der Waals surface area contributed by atoms with E-state index in [-0.39, 0.29) is 5.41 Å². The van der Waals surface area contributed by atoms with Gasteiger partial charge in [-0.1, -0.05) is 37.0 Å². The maximum Gasteiger partial charge on any atom is 0.120 e. The van der Waals surface area contributed by atoms with E-state index in [1.165, 1.54) is 11.1 Å². The van der Waals surface area contributed by atoms with Crippen LogP contribution in [0.4, 0.5) is 0 Å². The van der Waals surface area contributed by atoms with Crippen molar-refractivity contribution in [3.05, 3.63) is 53.2 Å². The summed E-state index contributed by atoms with van der Waals surface area (Å²) >= 11 is 1.70. The largest absolute Gasteiger partial charge is 0.491 e. The lowest BCUT2D eigenvalue weighted by Gasteiger charge is -2.18. The van der Waals surface area contributed by atoms with Gasteiger partial charge in [0.15, 0.2) is 0 Å². The highest BCUT2D eigenvalue weighted by atomic mass is 32.1.